The lowest BCUT2D eigenvalue weighted by Crippen LogP contribution is -2.02. The van der Waals surface area contributed by atoms with Crippen LogP contribution in [0.15, 0.2) is 24.5 Å². The fourth-order valence-corrected chi connectivity index (χ4v) is 2.52. The Kier molecular flexibility index (Phi) is 3.57. The van der Waals surface area contributed by atoms with Crippen molar-refractivity contribution in [2.75, 3.05) is 0 Å². The van der Waals surface area contributed by atoms with Crippen LogP contribution in [0.4, 0.5) is 22.7 Å². The topological polar surface area (TPSA) is 198 Å². The fourth-order valence-electron chi connectivity index (χ4n) is 2.52. The number of aromatic nitrogens is 2. The highest BCUT2D eigenvalue weighted by molar-refractivity contribution is 6.10. The third kappa shape index (κ3) is 2.29. The summed E-state index contributed by atoms with van der Waals surface area (Å²) < 4.78 is 0. The average molecular weight is 360 g/mol. The molecule has 0 aliphatic carbocycles. The molecule has 130 valence electrons. The molecule has 0 saturated heterocycles. The molecule has 3 aromatic rings. The van der Waals surface area contributed by atoms with Crippen molar-refractivity contribution in [1.29, 1.82) is 0 Å². The number of rotatable bonds is 4. The number of benzene rings is 1. The van der Waals surface area contributed by atoms with Gasteiger partial charge in [-0.3, -0.25) is 40.5 Å². The lowest BCUT2D eigenvalue weighted by molar-refractivity contribution is -0.421. The summed E-state index contributed by atoms with van der Waals surface area (Å²) in [5, 5.41) is 43.9. The zero-order chi connectivity index (χ0) is 19.2. The summed E-state index contributed by atoms with van der Waals surface area (Å²) in [7, 11) is 0. The predicted molar refractivity (Wildman–Crippen MR) is 83.7 cm³/mol. The predicted octanol–water partition coefficient (Wildman–Crippen LogP) is 2.42. The van der Waals surface area contributed by atoms with Crippen LogP contribution in [0.1, 0.15) is 0 Å². The summed E-state index contributed by atoms with van der Waals surface area (Å²) in [4.78, 5) is 48.0. The molecule has 0 spiro atoms. The molecule has 26 heavy (non-hydrogen) atoms. The van der Waals surface area contributed by atoms with Gasteiger partial charge in [0.2, 0.25) is 0 Å². The summed E-state index contributed by atoms with van der Waals surface area (Å²) in [6, 6.07) is 2.02. The van der Waals surface area contributed by atoms with E-state index in [-0.39, 0.29) is 21.8 Å². The first kappa shape index (κ1) is 16.5. The van der Waals surface area contributed by atoms with Crippen molar-refractivity contribution in [2.45, 2.75) is 0 Å². The molecule has 14 nitrogen and oxygen atoms in total. The Morgan fingerprint density at radius 3 is 1.23 bits per heavy atom. The number of hydrogen-bond donors (Lipinski definition) is 0. The maximum atomic E-state index is 11.3. The largest absolute Gasteiger partial charge is 0.364 e. The number of nitrogens with zero attached hydrogens (tertiary/aromatic N) is 6. The van der Waals surface area contributed by atoms with E-state index < -0.39 is 42.4 Å². The normalized spacial score (nSPS) is 10.8. The van der Waals surface area contributed by atoms with Gasteiger partial charge in [-0.05, 0) is 12.1 Å². The first-order chi connectivity index (χ1) is 12.2. The highest BCUT2D eigenvalue weighted by atomic mass is 16.6. The van der Waals surface area contributed by atoms with Gasteiger partial charge in [-0.25, -0.2) is 9.97 Å². The van der Waals surface area contributed by atoms with Gasteiger partial charge in [-0.15, -0.1) is 0 Å². The van der Waals surface area contributed by atoms with E-state index in [1.54, 1.807) is 0 Å². The van der Waals surface area contributed by atoms with Gasteiger partial charge in [0.1, 0.15) is 23.4 Å². The van der Waals surface area contributed by atoms with Crippen molar-refractivity contribution in [3.05, 3.63) is 65.0 Å². The molecular formula is C12H4N6O8. The van der Waals surface area contributed by atoms with E-state index in [1.807, 2.05) is 0 Å². The minimum absolute atomic E-state index is 0.224. The van der Waals surface area contributed by atoms with Gasteiger partial charge in [0, 0.05) is 0 Å². The molecule has 0 aliphatic rings. The summed E-state index contributed by atoms with van der Waals surface area (Å²) in [5.74, 6) is 0. The van der Waals surface area contributed by atoms with E-state index in [0.29, 0.717) is 12.4 Å². The first-order valence-electron chi connectivity index (χ1n) is 6.56. The first-order valence-corrected chi connectivity index (χ1v) is 6.56. The molecule has 2 heterocycles. The monoisotopic (exact) mass is 360 g/mol. The van der Waals surface area contributed by atoms with Gasteiger partial charge in [-0.1, -0.05) is 0 Å². The standard InChI is InChI=1S/C12H4N6O8/c19-15(20)7-3-13-9-5(11(7)17(23)24)1-2-6-10(9)14-4-8(16(21)22)12(6)18(25)26/h1-4H. The van der Waals surface area contributed by atoms with Gasteiger partial charge in [-0.2, -0.15) is 0 Å². The lowest BCUT2D eigenvalue weighted by Gasteiger charge is -2.04. The zero-order valence-corrected chi connectivity index (χ0v) is 12.3. The zero-order valence-electron chi connectivity index (χ0n) is 12.3. The second-order valence-corrected chi connectivity index (χ2v) is 4.87. The van der Waals surface area contributed by atoms with Crippen LogP contribution in [0.2, 0.25) is 0 Å². The number of pyridine rings is 2. The number of nitro groups is 4. The van der Waals surface area contributed by atoms with Crippen LogP contribution < -0.4 is 0 Å². The second kappa shape index (κ2) is 5.62. The van der Waals surface area contributed by atoms with E-state index in [4.69, 9.17) is 0 Å². The third-order valence-electron chi connectivity index (χ3n) is 3.54. The minimum Gasteiger partial charge on any atom is -0.258 e. The summed E-state index contributed by atoms with van der Waals surface area (Å²) in [6.45, 7) is 0. The highest BCUT2D eigenvalue weighted by Crippen LogP contribution is 2.40. The van der Waals surface area contributed by atoms with Crippen molar-refractivity contribution >= 4 is 44.6 Å². The molecule has 0 unspecified atom stereocenters. The maximum Gasteiger partial charge on any atom is 0.364 e. The van der Waals surface area contributed by atoms with Gasteiger partial charge < -0.3 is 0 Å². The van der Waals surface area contributed by atoms with Gasteiger partial charge >= 0.3 is 22.7 Å². The van der Waals surface area contributed by atoms with Gasteiger partial charge in [0.15, 0.2) is 0 Å². The SMILES string of the molecule is O=[N+]([O-])c1cnc2c(ccc3c([N+](=O)[O-])c([N+](=O)[O-])cnc32)c1[N+](=O)[O-]. The molecule has 3 rings (SSSR count). The Morgan fingerprint density at radius 1 is 0.615 bits per heavy atom. The number of hydrogen-bond acceptors (Lipinski definition) is 10. The summed E-state index contributed by atoms with van der Waals surface area (Å²) >= 11 is 0. The smallest absolute Gasteiger partial charge is 0.258 e. The third-order valence-corrected chi connectivity index (χ3v) is 3.54. The molecule has 14 heteroatoms. The molecule has 0 bridgehead atoms. The van der Waals surface area contributed by atoms with Gasteiger partial charge in [0.05, 0.1) is 30.5 Å². The molecule has 0 aliphatic heterocycles. The Bertz CT molecular complexity index is 1070. The molecule has 0 N–H and O–H groups in total. The van der Waals surface area contributed by atoms with E-state index in [2.05, 4.69) is 9.97 Å². The average Bonchev–Trinajstić information content (AvgIpc) is 2.58. The Hall–Kier alpha value is -4.36. The molecule has 0 amide bonds. The van der Waals surface area contributed by atoms with Crippen LogP contribution in [0, 0.1) is 40.5 Å². The van der Waals surface area contributed by atoms with E-state index >= 15 is 0 Å². The Labute approximate surface area is 140 Å². The van der Waals surface area contributed by atoms with E-state index in [1.165, 1.54) is 0 Å². The van der Waals surface area contributed by atoms with E-state index in [0.717, 1.165) is 12.1 Å². The highest BCUT2D eigenvalue weighted by Gasteiger charge is 2.33. The van der Waals surface area contributed by atoms with Crippen molar-refractivity contribution in [3.63, 3.8) is 0 Å². The second-order valence-electron chi connectivity index (χ2n) is 4.87. The maximum absolute atomic E-state index is 11.3. The van der Waals surface area contributed by atoms with Crippen LogP contribution >= 0.6 is 0 Å². The fraction of sp³-hybridized carbons (Fsp3) is 0. The van der Waals surface area contributed by atoms with Crippen LogP contribution in [-0.2, 0) is 0 Å². The summed E-state index contributed by atoms with van der Waals surface area (Å²) in [6.07, 6.45) is 1.27. The van der Waals surface area contributed by atoms with Crippen LogP contribution in [-0.4, -0.2) is 29.7 Å². The quantitative estimate of drug-likeness (QED) is 0.378. The van der Waals surface area contributed by atoms with Crippen LogP contribution in [0.3, 0.4) is 0 Å². The molecule has 0 saturated carbocycles. The molecule has 2 aromatic heterocycles. The summed E-state index contributed by atoms with van der Waals surface area (Å²) in [5.41, 5.74) is -3.89. The Morgan fingerprint density at radius 2 is 0.962 bits per heavy atom. The molecule has 1 aromatic carbocycles. The van der Waals surface area contributed by atoms with E-state index in [9.17, 15) is 40.5 Å². The number of fused-ring (bicyclic) bond motifs is 3. The molecule has 0 atom stereocenters. The van der Waals surface area contributed by atoms with Crippen molar-refractivity contribution in [1.82, 2.24) is 9.97 Å². The van der Waals surface area contributed by atoms with Crippen molar-refractivity contribution < 1.29 is 19.7 Å². The molecule has 0 radical (unpaired) electrons. The van der Waals surface area contributed by atoms with Crippen LogP contribution in [0.25, 0.3) is 21.8 Å². The Balaban J connectivity index is 2.53. The molecular weight excluding hydrogens is 356 g/mol. The van der Waals surface area contributed by atoms with Crippen molar-refractivity contribution in [2.24, 2.45) is 0 Å². The minimum atomic E-state index is -0.986. The lowest BCUT2D eigenvalue weighted by atomic mass is 10.1. The molecule has 0 fully saturated rings. The van der Waals surface area contributed by atoms with Crippen LogP contribution in [0.5, 0.6) is 0 Å². The van der Waals surface area contributed by atoms with Crippen molar-refractivity contribution in [3.8, 4) is 0 Å². The van der Waals surface area contributed by atoms with Gasteiger partial charge in [0.25, 0.3) is 0 Å².